The molecule has 2 aromatic rings. The van der Waals surface area contributed by atoms with Crippen LogP contribution >= 0.6 is 11.6 Å². The second kappa shape index (κ2) is 4.23. The Hall–Kier alpha value is -1.03. The first-order valence-electron chi connectivity index (χ1n) is 4.63. The Balaban J connectivity index is 2.36. The molecular formula is C11H11ClO3. The number of hydrogen-bond acceptors (Lipinski definition) is 3. The van der Waals surface area contributed by atoms with E-state index in [0.717, 1.165) is 5.39 Å². The zero-order valence-electron chi connectivity index (χ0n) is 7.93. The van der Waals surface area contributed by atoms with Gasteiger partial charge in [0.25, 0.3) is 0 Å². The molecule has 0 saturated heterocycles. The minimum atomic E-state index is -1.07. The third kappa shape index (κ3) is 2.00. The second-order valence-corrected chi connectivity index (χ2v) is 3.66. The summed E-state index contributed by atoms with van der Waals surface area (Å²) >= 11 is 5.44. The van der Waals surface area contributed by atoms with Gasteiger partial charge in [-0.15, -0.1) is 11.6 Å². The van der Waals surface area contributed by atoms with Gasteiger partial charge in [-0.05, 0) is 12.1 Å². The Morgan fingerprint density at radius 1 is 1.27 bits per heavy atom. The molecular weight excluding hydrogens is 216 g/mol. The van der Waals surface area contributed by atoms with Crippen molar-refractivity contribution < 1.29 is 14.6 Å². The van der Waals surface area contributed by atoms with Crippen LogP contribution in [0.4, 0.5) is 0 Å². The molecule has 2 unspecified atom stereocenters. The van der Waals surface area contributed by atoms with Crippen LogP contribution in [0.25, 0.3) is 11.0 Å². The van der Waals surface area contributed by atoms with Crippen LogP contribution < -0.4 is 0 Å². The molecule has 1 aromatic carbocycles. The minimum absolute atomic E-state index is 0.0296. The smallest absolute Gasteiger partial charge is 0.139 e. The standard InChI is InChI=1S/C11H11ClO3/c12-6-8(13)11(14)10-5-7-3-1-2-4-9(7)15-10/h1-5,8,11,13-14H,6H2. The molecule has 0 radical (unpaired) electrons. The molecule has 1 aromatic heterocycles. The first-order chi connectivity index (χ1) is 7.22. The lowest BCUT2D eigenvalue weighted by Crippen LogP contribution is -2.18. The molecule has 0 saturated carbocycles. The van der Waals surface area contributed by atoms with E-state index in [1.807, 2.05) is 18.2 Å². The van der Waals surface area contributed by atoms with E-state index in [1.165, 1.54) is 0 Å². The first-order valence-corrected chi connectivity index (χ1v) is 5.16. The molecule has 0 aliphatic heterocycles. The molecule has 0 amide bonds. The van der Waals surface area contributed by atoms with E-state index < -0.39 is 12.2 Å². The summed E-state index contributed by atoms with van der Waals surface area (Å²) in [5, 5.41) is 19.9. The molecule has 0 fully saturated rings. The summed E-state index contributed by atoms with van der Waals surface area (Å²) in [6.07, 6.45) is -2.08. The molecule has 2 N–H and O–H groups in total. The normalized spacial score (nSPS) is 15.4. The summed E-state index contributed by atoms with van der Waals surface area (Å²) in [6.45, 7) is 0. The van der Waals surface area contributed by atoms with E-state index in [0.29, 0.717) is 11.3 Å². The van der Waals surface area contributed by atoms with Crippen LogP contribution in [0.1, 0.15) is 11.9 Å². The minimum Gasteiger partial charge on any atom is -0.458 e. The maximum absolute atomic E-state index is 9.66. The molecule has 2 rings (SSSR count). The van der Waals surface area contributed by atoms with Crippen LogP contribution in [0.2, 0.25) is 0 Å². The first kappa shape index (κ1) is 10.5. The van der Waals surface area contributed by atoms with Crippen LogP contribution in [0.5, 0.6) is 0 Å². The number of furan rings is 1. The van der Waals surface area contributed by atoms with E-state index in [-0.39, 0.29) is 5.88 Å². The Bertz CT molecular complexity index is 419. The Kier molecular flexibility index (Phi) is 2.95. The number of aliphatic hydroxyl groups excluding tert-OH is 2. The second-order valence-electron chi connectivity index (χ2n) is 3.35. The lowest BCUT2D eigenvalue weighted by atomic mass is 10.1. The van der Waals surface area contributed by atoms with Gasteiger partial charge in [-0.2, -0.15) is 0 Å². The zero-order chi connectivity index (χ0) is 10.8. The number of benzene rings is 1. The fourth-order valence-electron chi connectivity index (χ4n) is 1.42. The monoisotopic (exact) mass is 226 g/mol. The van der Waals surface area contributed by atoms with Gasteiger partial charge in [0, 0.05) is 5.39 Å². The summed E-state index contributed by atoms with van der Waals surface area (Å²) in [6, 6.07) is 9.11. The maximum Gasteiger partial charge on any atom is 0.139 e. The van der Waals surface area contributed by atoms with Crippen molar-refractivity contribution in [3.8, 4) is 0 Å². The Labute approximate surface area is 91.9 Å². The lowest BCUT2D eigenvalue weighted by Gasteiger charge is -2.11. The maximum atomic E-state index is 9.66. The van der Waals surface area contributed by atoms with E-state index in [9.17, 15) is 10.2 Å². The zero-order valence-corrected chi connectivity index (χ0v) is 8.69. The average Bonchev–Trinajstić information content (AvgIpc) is 2.70. The van der Waals surface area contributed by atoms with Gasteiger partial charge in [0.2, 0.25) is 0 Å². The highest BCUT2D eigenvalue weighted by molar-refractivity contribution is 6.18. The third-order valence-corrected chi connectivity index (χ3v) is 2.57. The van der Waals surface area contributed by atoms with Crippen LogP contribution in [-0.2, 0) is 0 Å². The predicted molar refractivity (Wildman–Crippen MR) is 57.9 cm³/mol. The van der Waals surface area contributed by atoms with Gasteiger partial charge in [0.05, 0.1) is 5.88 Å². The molecule has 80 valence electrons. The van der Waals surface area contributed by atoms with E-state index >= 15 is 0 Å². The number of para-hydroxylation sites is 1. The van der Waals surface area contributed by atoms with Crippen molar-refractivity contribution in [2.75, 3.05) is 5.88 Å². The largest absolute Gasteiger partial charge is 0.458 e. The molecule has 2 atom stereocenters. The summed E-state index contributed by atoms with van der Waals surface area (Å²) in [4.78, 5) is 0. The number of hydrogen-bond donors (Lipinski definition) is 2. The number of fused-ring (bicyclic) bond motifs is 1. The summed E-state index contributed by atoms with van der Waals surface area (Å²) < 4.78 is 5.38. The van der Waals surface area contributed by atoms with Crippen LogP contribution in [-0.4, -0.2) is 22.2 Å². The quantitative estimate of drug-likeness (QED) is 0.788. The molecule has 4 heteroatoms. The number of halogens is 1. The molecule has 15 heavy (non-hydrogen) atoms. The van der Waals surface area contributed by atoms with Crippen molar-refractivity contribution in [2.45, 2.75) is 12.2 Å². The third-order valence-electron chi connectivity index (χ3n) is 2.26. The average molecular weight is 227 g/mol. The van der Waals surface area contributed by atoms with E-state index in [1.54, 1.807) is 12.1 Å². The van der Waals surface area contributed by atoms with Gasteiger partial charge >= 0.3 is 0 Å². The van der Waals surface area contributed by atoms with Crippen molar-refractivity contribution in [1.29, 1.82) is 0 Å². The van der Waals surface area contributed by atoms with Crippen LogP contribution in [0, 0.1) is 0 Å². The molecule has 0 aliphatic carbocycles. The van der Waals surface area contributed by atoms with Crippen molar-refractivity contribution >= 4 is 22.6 Å². The molecule has 3 nitrogen and oxygen atoms in total. The predicted octanol–water partition coefficient (Wildman–Crippen LogP) is 2.07. The number of aliphatic hydroxyl groups is 2. The molecule has 0 spiro atoms. The van der Waals surface area contributed by atoms with Crippen LogP contribution in [0.15, 0.2) is 34.7 Å². The van der Waals surface area contributed by atoms with Gasteiger partial charge in [-0.1, -0.05) is 18.2 Å². The van der Waals surface area contributed by atoms with Crippen molar-refractivity contribution in [3.63, 3.8) is 0 Å². The van der Waals surface area contributed by atoms with E-state index in [2.05, 4.69) is 0 Å². The highest BCUT2D eigenvalue weighted by Gasteiger charge is 2.20. The van der Waals surface area contributed by atoms with Gasteiger partial charge in [0.15, 0.2) is 0 Å². The summed E-state index contributed by atoms with van der Waals surface area (Å²) in [7, 11) is 0. The molecule has 1 heterocycles. The topological polar surface area (TPSA) is 53.6 Å². The Morgan fingerprint density at radius 2 is 2.00 bits per heavy atom. The van der Waals surface area contributed by atoms with Gasteiger partial charge in [0.1, 0.15) is 23.6 Å². The van der Waals surface area contributed by atoms with Crippen molar-refractivity contribution in [1.82, 2.24) is 0 Å². The highest BCUT2D eigenvalue weighted by atomic mass is 35.5. The summed E-state index contributed by atoms with van der Waals surface area (Å²) in [5.41, 5.74) is 0.688. The lowest BCUT2D eigenvalue weighted by molar-refractivity contribution is 0.0199. The highest BCUT2D eigenvalue weighted by Crippen LogP contribution is 2.25. The van der Waals surface area contributed by atoms with Crippen molar-refractivity contribution in [2.24, 2.45) is 0 Å². The fraction of sp³-hybridized carbons (Fsp3) is 0.273. The molecule has 0 aliphatic rings. The van der Waals surface area contributed by atoms with Gasteiger partial charge < -0.3 is 14.6 Å². The summed E-state index contributed by atoms with van der Waals surface area (Å²) in [5.74, 6) is 0.308. The van der Waals surface area contributed by atoms with Crippen molar-refractivity contribution in [3.05, 3.63) is 36.1 Å². The number of alkyl halides is 1. The SMILES string of the molecule is OC(CCl)C(O)c1cc2ccccc2o1. The van der Waals surface area contributed by atoms with Gasteiger partial charge in [-0.3, -0.25) is 0 Å². The number of rotatable bonds is 3. The Morgan fingerprint density at radius 3 is 2.67 bits per heavy atom. The fourth-order valence-corrected chi connectivity index (χ4v) is 1.59. The van der Waals surface area contributed by atoms with Gasteiger partial charge in [-0.25, -0.2) is 0 Å². The van der Waals surface area contributed by atoms with Crippen LogP contribution in [0.3, 0.4) is 0 Å². The molecule has 0 bridgehead atoms. The van der Waals surface area contributed by atoms with E-state index in [4.69, 9.17) is 16.0 Å².